The van der Waals surface area contributed by atoms with E-state index in [1.807, 2.05) is 0 Å². The maximum Gasteiger partial charge on any atom is 0.193 e. The van der Waals surface area contributed by atoms with Crippen LogP contribution in [0.3, 0.4) is 0 Å². The summed E-state index contributed by atoms with van der Waals surface area (Å²) in [7, 11) is 0. The van der Waals surface area contributed by atoms with Gasteiger partial charge >= 0.3 is 0 Å². The molecule has 0 aromatic heterocycles. The standard InChI is InChI=1S/C26H17FO4/c27-21-9-1-5-17(13-21)25(29)19-7-3-11-23(15-19)31-24-12-4-8-20(16-24)26(30)18-6-2-10-22(28)14-18/h1-16,28H. The number of ketones is 2. The highest BCUT2D eigenvalue weighted by atomic mass is 19.1. The molecule has 0 unspecified atom stereocenters. The minimum atomic E-state index is -0.480. The van der Waals surface area contributed by atoms with Crippen LogP contribution in [0.2, 0.25) is 0 Å². The molecule has 0 atom stereocenters. The molecule has 0 aliphatic heterocycles. The van der Waals surface area contributed by atoms with Crippen LogP contribution in [-0.4, -0.2) is 16.7 Å². The normalized spacial score (nSPS) is 10.5. The summed E-state index contributed by atoms with van der Waals surface area (Å²) in [6.07, 6.45) is 0. The maximum absolute atomic E-state index is 13.4. The van der Waals surface area contributed by atoms with E-state index in [9.17, 15) is 19.1 Å². The molecule has 4 nitrogen and oxygen atoms in total. The Labute approximate surface area is 178 Å². The number of benzene rings is 4. The number of carbonyl (C=O) groups excluding carboxylic acids is 2. The first-order valence-corrected chi connectivity index (χ1v) is 9.51. The second-order valence-corrected chi connectivity index (χ2v) is 6.88. The first-order valence-electron chi connectivity index (χ1n) is 9.51. The third kappa shape index (κ3) is 4.67. The van der Waals surface area contributed by atoms with Crippen molar-refractivity contribution in [3.63, 3.8) is 0 Å². The molecular weight excluding hydrogens is 395 g/mol. The average Bonchev–Trinajstić information content (AvgIpc) is 2.78. The average molecular weight is 412 g/mol. The highest BCUT2D eigenvalue weighted by Crippen LogP contribution is 2.25. The van der Waals surface area contributed by atoms with Crippen LogP contribution in [0.1, 0.15) is 31.8 Å². The number of carbonyl (C=O) groups is 2. The summed E-state index contributed by atoms with van der Waals surface area (Å²) in [5, 5.41) is 9.60. The van der Waals surface area contributed by atoms with Gasteiger partial charge in [0.05, 0.1) is 0 Å². The lowest BCUT2D eigenvalue weighted by molar-refractivity contribution is 0.103. The first-order chi connectivity index (χ1) is 15.0. The van der Waals surface area contributed by atoms with E-state index < -0.39 is 5.82 Å². The van der Waals surface area contributed by atoms with Crippen LogP contribution in [0.5, 0.6) is 17.2 Å². The van der Waals surface area contributed by atoms with E-state index in [1.54, 1.807) is 66.7 Å². The molecule has 31 heavy (non-hydrogen) atoms. The van der Waals surface area contributed by atoms with Crippen molar-refractivity contribution in [2.45, 2.75) is 0 Å². The van der Waals surface area contributed by atoms with E-state index in [-0.39, 0.29) is 22.9 Å². The highest BCUT2D eigenvalue weighted by Gasteiger charge is 2.13. The lowest BCUT2D eigenvalue weighted by Crippen LogP contribution is -2.02. The smallest absolute Gasteiger partial charge is 0.193 e. The van der Waals surface area contributed by atoms with E-state index >= 15 is 0 Å². The molecule has 0 saturated carbocycles. The van der Waals surface area contributed by atoms with Gasteiger partial charge in [-0.25, -0.2) is 4.39 Å². The van der Waals surface area contributed by atoms with Gasteiger partial charge in [0, 0.05) is 22.3 Å². The zero-order valence-corrected chi connectivity index (χ0v) is 16.3. The quantitative estimate of drug-likeness (QED) is 0.408. The molecule has 0 saturated heterocycles. The minimum absolute atomic E-state index is 0.0121. The summed E-state index contributed by atoms with van der Waals surface area (Å²) in [4.78, 5) is 25.3. The lowest BCUT2D eigenvalue weighted by atomic mass is 10.0. The van der Waals surface area contributed by atoms with Gasteiger partial charge in [-0.15, -0.1) is 0 Å². The number of halogens is 1. The van der Waals surface area contributed by atoms with E-state index in [0.717, 1.165) is 0 Å². The van der Waals surface area contributed by atoms with Gasteiger partial charge in [-0.3, -0.25) is 9.59 Å². The Morgan fingerprint density at radius 1 is 0.613 bits per heavy atom. The van der Waals surface area contributed by atoms with Crippen LogP contribution >= 0.6 is 0 Å². The van der Waals surface area contributed by atoms with Gasteiger partial charge in [-0.2, -0.15) is 0 Å². The van der Waals surface area contributed by atoms with Gasteiger partial charge in [0.25, 0.3) is 0 Å². The summed E-state index contributed by atoms with van der Waals surface area (Å²) in [6.45, 7) is 0. The summed E-state index contributed by atoms with van der Waals surface area (Å²) in [5.74, 6) is -0.218. The molecule has 152 valence electrons. The van der Waals surface area contributed by atoms with Crippen LogP contribution in [-0.2, 0) is 0 Å². The van der Waals surface area contributed by atoms with E-state index in [2.05, 4.69) is 0 Å². The summed E-state index contributed by atoms with van der Waals surface area (Å²) in [5.41, 5.74) is 1.36. The van der Waals surface area contributed by atoms with Crippen molar-refractivity contribution >= 4 is 11.6 Å². The van der Waals surface area contributed by atoms with Gasteiger partial charge in [-0.1, -0.05) is 48.5 Å². The van der Waals surface area contributed by atoms with E-state index in [4.69, 9.17) is 4.74 Å². The number of hydrogen-bond donors (Lipinski definition) is 1. The molecule has 0 bridgehead atoms. The number of phenolic OH excluding ortho intramolecular Hbond substituents is 1. The SMILES string of the molecule is O=C(c1cccc(O)c1)c1cccc(Oc2cccc(C(=O)c3cccc(F)c3)c2)c1. The molecule has 0 amide bonds. The van der Waals surface area contributed by atoms with Gasteiger partial charge in [0.2, 0.25) is 0 Å². The van der Waals surface area contributed by atoms with Gasteiger partial charge in [-0.05, 0) is 48.5 Å². The van der Waals surface area contributed by atoms with Crippen LogP contribution in [0.4, 0.5) is 4.39 Å². The number of rotatable bonds is 6. The molecule has 0 radical (unpaired) electrons. The van der Waals surface area contributed by atoms with Crippen molar-refractivity contribution < 1.29 is 23.8 Å². The fourth-order valence-electron chi connectivity index (χ4n) is 3.15. The Morgan fingerprint density at radius 2 is 1.06 bits per heavy atom. The highest BCUT2D eigenvalue weighted by molar-refractivity contribution is 6.10. The Bertz CT molecular complexity index is 1180. The molecular formula is C26H17FO4. The van der Waals surface area contributed by atoms with Gasteiger partial charge in [0.15, 0.2) is 11.6 Å². The van der Waals surface area contributed by atoms with Crippen LogP contribution in [0, 0.1) is 5.82 Å². The summed E-state index contributed by atoms with van der Waals surface area (Å²) < 4.78 is 19.3. The van der Waals surface area contributed by atoms with Crippen LogP contribution < -0.4 is 4.74 Å². The third-order valence-electron chi connectivity index (χ3n) is 4.62. The van der Waals surface area contributed by atoms with Crippen molar-refractivity contribution in [2.75, 3.05) is 0 Å². The monoisotopic (exact) mass is 412 g/mol. The lowest BCUT2D eigenvalue weighted by Gasteiger charge is -2.09. The molecule has 0 aliphatic rings. The number of hydrogen-bond acceptors (Lipinski definition) is 4. The first kappa shape index (κ1) is 20.0. The Hall–Kier alpha value is -4.25. The van der Waals surface area contributed by atoms with Crippen molar-refractivity contribution in [3.8, 4) is 17.2 Å². The molecule has 0 aliphatic carbocycles. The largest absolute Gasteiger partial charge is 0.508 e. The number of ether oxygens (including phenoxy) is 1. The molecule has 1 N–H and O–H groups in total. The van der Waals surface area contributed by atoms with Crippen molar-refractivity contribution in [2.24, 2.45) is 0 Å². The zero-order chi connectivity index (χ0) is 21.8. The third-order valence-corrected chi connectivity index (χ3v) is 4.62. The minimum Gasteiger partial charge on any atom is -0.508 e. The summed E-state index contributed by atoms with van der Waals surface area (Å²) >= 11 is 0. The second-order valence-electron chi connectivity index (χ2n) is 6.88. The fourth-order valence-corrected chi connectivity index (χ4v) is 3.15. The molecule has 0 spiro atoms. The van der Waals surface area contributed by atoms with Gasteiger partial charge in [0.1, 0.15) is 23.1 Å². The second kappa shape index (κ2) is 8.63. The zero-order valence-electron chi connectivity index (χ0n) is 16.3. The van der Waals surface area contributed by atoms with E-state index in [1.165, 1.54) is 30.3 Å². The Kier molecular flexibility index (Phi) is 5.58. The predicted molar refractivity (Wildman–Crippen MR) is 114 cm³/mol. The Morgan fingerprint density at radius 3 is 1.58 bits per heavy atom. The fraction of sp³-hybridized carbons (Fsp3) is 0. The molecule has 4 aromatic carbocycles. The topological polar surface area (TPSA) is 63.6 Å². The number of aromatic hydroxyl groups is 1. The van der Waals surface area contributed by atoms with Crippen molar-refractivity contribution in [1.82, 2.24) is 0 Å². The molecule has 0 heterocycles. The van der Waals surface area contributed by atoms with Crippen LogP contribution in [0.15, 0.2) is 97.1 Å². The molecule has 5 heteroatoms. The number of phenols is 1. The predicted octanol–water partition coefficient (Wildman–Crippen LogP) is 5.79. The van der Waals surface area contributed by atoms with Crippen molar-refractivity contribution in [3.05, 3.63) is 125 Å². The molecule has 0 fully saturated rings. The molecule has 4 aromatic rings. The Balaban J connectivity index is 1.56. The van der Waals surface area contributed by atoms with E-state index in [0.29, 0.717) is 28.2 Å². The van der Waals surface area contributed by atoms with Crippen molar-refractivity contribution in [1.29, 1.82) is 0 Å². The summed E-state index contributed by atoms with van der Waals surface area (Å²) in [6, 6.07) is 24.8. The van der Waals surface area contributed by atoms with Gasteiger partial charge < -0.3 is 9.84 Å². The van der Waals surface area contributed by atoms with Crippen LogP contribution in [0.25, 0.3) is 0 Å². The molecule has 4 rings (SSSR count). The maximum atomic E-state index is 13.4.